The van der Waals surface area contributed by atoms with Crippen LogP contribution in [0.2, 0.25) is 5.02 Å². The van der Waals surface area contributed by atoms with Crippen LogP contribution in [0, 0.1) is 0 Å². The van der Waals surface area contributed by atoms with Gasteiger partial charge in [0.2, 0.25) is 11.9 Å². The van der Waals surface area contributed by atoms with E-state index in [4.69, 9.17) is 16.6 Å². The summed E-state index contributed by atoms with van der Waals surface area (Å²) in [5.41, 5.74) is 2.84. The predicted octanol–water partition coefficient (Wildman–Crippen LogP) is 3.20. The van der Waals surface area contributed by atoms with Crippen molar-refractivity contribution < 1.29 is 4.79 Å². The molecule has 0 fully saturated rings. The Balaban J connectivity index is 1.36. The number of halogens is 1. The van der Waals surface area contributed by atoms with Crippen molar-refractivity contribution in [3.8, 4) is 11.4 Å². The van der Waals surface area contributed by atoms with Gasteiger partial charge in [0.05, 0.1) is 30.2 Å². The molecule has 32 heavy (non-hydrogen) atoms. The third-order valence-corrected chi connectivity index (χ3v) is 5.60. The second-order valence-corrected chi connectivity index (χ2v) is 7.73. The second kappa shape index (κ2) is 8.35. The van der Waals surface area contributed by atoms with Crippen molar-refractivity contribution in [2.45, 2.75) is 12.8 Å². The van der Waals surface area contributed by atoms with Gasteiger partial charge in [0.15, 0.2) is 5.82 Å². The van der Waals surface area contributed by atoms with Crippen molar-refractivity contribution in [1.29, 1.82) is 0 Å². The molecule has 3 aromatic heterocycles. The van der Waals surface area contributed by atoms with Gasteiger partial charge in [-0.3, -0.25) is 14.4 Å². The van der Waals surface area contributed by atoms with E-state index in [0.29, 0.717) is 41.1 Å². The van der Waals surface area contributed by atoms with E-state index in [1.54, 1.807) is 40.3 Å². The third kappa shape index (κ3) is 3.90. The van der Waals surface area contributed by atoms with E-state index < -0.39 is 0 Å². The molecule has 5 rings (SSSR count). The fraction of sp³-hybridized carbons (Fsp3) is 0.182. The number of benzene rings is 1. The zero-order valence-electron chi connectivity index (χ0n) is 17.2. The second-order valence-electron chi connectivity index (χ2n) is 7.32. The molecule has 0 unspecified atom stereocenters. The standard InChI is InChI=1S/C22H19ClN8O/c1-30-19(7-10-26-30)29-22-24-9-6-16(28-22)18-13-25-21-17(27-18)8-11-31(21)20(32)12-14-4-2-3-5-15(14)23/h2-7,9-10,13H,8,11-12H2,1H3,(H,24,28,29). The molecule has 1 N–H and O–H groups in total. The average molecular weight is 447 g/mol. The lowest BCUT2D eigenvalue weighted by Gasteiger charge is -2.16. The molecular formula is C22H19ClN8O. The normalized spacial score (nSPS) is 12.6. The quantitative estimate of drug-likeness (QED) is 0.502. The highest BCUT2D eigenvalue weighted by Crippen LogP contribution is 2.28. The van der Waals surface area contributed by atoms with Gasteiger partial charge in [-0.1, -0.05) is 29.8 Å². The molecule has 0 atom stereocenters. The summed E-state index contributed by atoms with van der Waals surface area (Å²) in [6.07, 6.45) is 5.84. The summed E-state index contributed by atoms with van der Waals surface area (Å²) in [6, 6.07) is 11.0. The van der Waals surface area contributed by atoms with Gasteiger partial charge < -0.3 is 5.32 Å². The minimum atomic E-state index is -0.0522. The molecule has 10 heteroatoms. The summed E-state index contributed by atoms with van der Waals surface area (Å²) in [7, 11) is 1.83. The van der Waals surface area contributed by atoms with Gasteiger partial charge in [0.25, 0.3) is 0 Å². The Bertz CT molecular complexity index is 1300. The van der Waals surface area contributed by atoms with Crippen LogP contribution in [-0.4, -0.2) is 42.2 Å². The molecule has 160 valence electrons. The molecule has 0 radical (unpaired) electrons. The molecule has 0 saturated heterocycles. The monoisotopic (exact) mass is 446 g/mol. The summed E-state index contributed by atoms with van der Waals surface area (Å²) in [5, 5.41) is 7.84. The molecule has 1 aliphatic rings. The Morgan fingerprint density at radius 2 is 1.97 bits per heavy atom. The van der Waals surface area contributed by atoms with Gasteiger partial charge in [-0.25, -0.2) is 19.9 Å². The maximum Gasteiger partial charge on any atom is 0.232 e. The topological polar surface area (TPSA) is 102 Å². The summed E-state index contributed by atoms with van der Waals surface area (Å²) in [6.45, 7) is 0.541. The fourth-order valence-corrected chi connectivity index (χ4v) is 3.78. The molecule has 1 aliphatic heterocycles. The average Bonchev–Trinajstić information content (AvgIpc) is 3.41. The molecule has 4 aromatic rings. The van der Waals surface area contributed by atoms with E-state index in [-0.39, 0.29) is 12.3 Å². The Labute approximate surface area is 189 Å². The van der Waals surface area contributed by atoms with Crippen LogP contribution in [0.15, 0.2) is 55.0 Å². The van der Waals surface area contributed by atoms with Crippen LogP contribution < -0.4 is 10.2 Å². The highest BCUT2D eigenvalue weighted by molar-refractivity contribution is 6.31. The Hall–Kier alpha value is -3.85. The van der Waals surface area contributed by atoms with E-state index in [1.807, 2.05) is 31.3 Å². The number of nitrogens with zero attached hydrogens (tertiary/aromatic N) is 7. The maximum absolute atomic E-state index is 12.9. The SMILES string of the molecule is Cn1nccc1Nc1nccc(-c2cnc3c(n2)CCN3C(=O)Cc2ccccc2Cl)n1. The van der Waals surface area contributed by atoms with E-state index in [1.165, 1.54) is 0 Å². The number of amides is 1. The number of carbonyl (C=O) groups excluding carboxylic acids is 1. The van der Waals surface area contributed by atoms with Crippen molar-refractivity contribution in [1.82, 2.24) is 29.7 Å². The zero-order valence-corrected chi connectivity index (χ0v) is 18.0. The lowest BCUT2D eigenvalue weighted by atomic mass is 10.1. The number of aryl methyl sites for hydroxylation is 1. The number of hydrogen-bond acceptors (Lipinski definition) is 7. The van der Waals surface area contributed by atoms with Crippen molar-refractivity contribution >= 4 is 35.1 Å². The number of rotatable bonds is 5. The lowest BCUT2D eigenvalue weighted by molar-refractivity contribution is -0.117. The van der Waals surface area contributed by atoms with E-state index in [9.17, 15) is 4.79 Å². The maximum atomic E-state index is 12.9. The van der Waals surface area contributed by atoms with Gasteiger partial charge in [-0.2, -0.15) is 5.10 Å². The predicted molar refractivity (Wildman–Crippen MR) is 121 cm³/mol. The van der Waals surface area contributed by atoms with Gasteiger partial charge in [-0.05, 0) is 17.7 Å². The summed E-state index contributed by atoms with van der Waals surface area (Å²) in [5.74, 6) is 1.75. The van der Waals surface area contributed by atoms with Crippen LogP contribution >= 0.6 is 11.6 Å². The van der Waals surface area contributed by atoms with Crippen LogP contribution in [0.5, 0.6) is 0 Å². The highest BCUT2D eigenvalue weighted by atomic mass is 35.5. The largest absolute Gasteiger partial charge is 0.309 e. The minimum Gasteiger partial charge on any atom is -0.309 e. The van der Waals surface area contributed by atoms with Gasteiger partial charge in [0.1, 0.15) is 11.5 Å². The number of hydrogen-bond donors (Lipinski definition) is 1. The number of fused-ring (bicyclic) bond motifs is 1. The fourth-order valence-electron chi connectivity index (χ4n) is 3.58. The first-order chi connectivity index (χ1) is 15.6. The van der Waals surface area contributed by atoms with Crippen LogP contribution in [0.4, 0.5) is 17.6 Å². The third-order valence-electron chi connectivity index (χ3n) is 5.23. The van der Waals surface area contributed by atoms with Gasteiger partial charge in [-0.15, -0.1) is 0 Å². The van der Waals surface area contributed by atoms with Crippen molar-refractivity contribution in [3.63, 3.8) is 0 Å². The lowest BCUT2D eigenvalue weighted by Crippen LogP contribution is -2.31. The smallest absolute Gasteiger partial charge is 0.232 e. The molecule has 1 amide bonds. The Morgan fingerprint density at radius 1 is 1.09 bits per heavy atom. The van der Waals surface area contributed by atoms with E-state index in [0.717, 1.165) is 17.1 Å². The number of nitrogens with one attached hydrogen (secondary N) is 1. The molecule has 0 spiro atoms. The molecule has 9 nitrogen and oxygen atoms in total. The van der Waals surface area contributed by atoms with Gasteiger partial charge >= 0.3 is 0 Å². The minimum absolute atomic E-state index is 0.0522. The van der Waals surface area contributed by atoms with Gasteiger partial charge in [0, 0.05) is 37.3 Å². The molecule has 1 aromatic carbocycles. The van der Waals surface area contributed by atoms with E-state index in [2.05, 4.69) is 25.4 Å². The molecule has 0 bridgehead atoms. The van der Waals surface area contributed by atoms with Crippen molar-refractivity contribution in [2.24, 2.45) is 7.05 Å². The number of anilines is 3. The Kier molecular flexibility index (Phi) is 5.24. The van der Waals surface area contributed by atoms with Crippen LogP contribution in [0.3, 0.4) is 0 Å². The van der Waals surface area contributed by atoms with Crippen LogP contribution in [0.1, 0.15) is 11.3 Å². The number of carbonyl (C=O) groups is 1. The summed E-state index contributed by atoms with van der Waals surface area (Å²) in [4.78, 5) is 32.6. The van der Waals surface area contributed by atoms with Crippen LogP contribution in [0.25, 0.3) is 11.4 Å². The van der Waals surface area contributed by atoms with Crippen molar-refractivity contribution in [3.05, 3.63) is 71.3 Å². The summed E-state index contributed by atoms with van der Waals surface area (Å²) >= 11 is 6.21. The molecule has 4 heterocycles. The van der Waals surface area contributed by atoms with Crippen LogP contribution in [-0.2, 0) is 24.7 Å². The first kappa shape index (κ1) is 20.1. The molecule has 0 aliphatic carbocycles. The van der Waals surface area contributed by atoms with Crippen molar-refractivity contribution in [2.75, 3.05) is 16.8 Å². The molecular weight excluding hydrogens is 428 g/mol. The first-order valence-corrected chi connectivity index (χ1v) is 10.4. The summed E-state index contributed by atoms with van der Waals surface area (Å²) < 4.78 is 1.69. The Morgan fingerprint density at radius 3 is 2.78 bits per heavy atom. The van der Waals surface area contributed by atoms with E-state index >= 15 is 0 Å². The zero-order chi connectivity index (χ0) is 22.1. The first-order valence-electron chi connectivity index (χ1n) is 10.1. The highest BCUT2D eigenvalue weighted by Gasteiger charge is 2.28. The number of aromatic nitrogens is 6. The molecule has 0 saturated carbocycles.